The molecule has 1 aliphatic heterocycles. The van der Waals surface area contributed by atoms with Gasteiger partial charge < -0.3 is 14.6 Å². The van der Waals surface area contributed by atoms with Crippen molar-refractivity contribution in [2.45, 2.75) is 9.50 Å². The first-order valence-electron chi connectivity index (χ1n) is 7.24. The molecular weight excluding hydrogens is 382 g/mol. The summed E-state index contributed by atoms with van der Waals surface area (Å²) in [7, 11) is 1.00. The summed E-state index contributed by atoms with van der Waals surface area (Å²) in [5, 5.41) is 16.9. The number of ether oxygens (including phenoxy) is 2. The summed E-state index contributed by atoms with van der Waals surface area (Å²) in [5.74, 6) is 1.21. The number of nitrogens with one attached hydrogen (secondary N) is 1. The first-order valence-corrected chi connectivity index (χ1v) is 8.87. The molecule has 0 radical (unpaired) electrons. The van der Waals surface area contributed by atoms with Gasteiger partial charge in [0.15, 0.2) is 20.8 Å². The number of aliphatic hydroxyl groups is 1. The molecule has 2 aromatic heterocycles. The molecule has 0 bridgehead atoms. The minimum absolute atomic E-state index is 0.265. The molecule has 2 N–H and O–H groups in total. The highest BCUT2D eigenvalue weighted by Crippen LogP contribution is 2.35. The maximum atomic E-state index is 12.1. The van der Waals surface area contributed by atoms with Crippen molar-refractivity contribution in [1.29, 1.82) is 0 Å². The Balaban J connectivity index is 0.000000948. The molecule has 3 aromatic rings. The van der Waals surface area contributed by atoms with Crippen molar-refractivity contribution in [3.05, 3.63) is 39.8 Å². The molecule has 0 unspecified atom stereocenters. The fraction of sp³-hybridized carbons (Fsp3) is 0.214. The summed E-state index contributed by atoms with van der Waals surface area (Å²) in [6.07, 6.45) is 1.37. The minimum atomic E-state index is -0.389. The van der Waals surface area contributed by atoms with E-state index in [1.807, 2.05) is 0 Å². The van der Waals surface area contributed by atoms with Gasteiger partial charge in [0.1, 0.15) is 13.2 Å². The van der Waals surface area contributed by atoms with Crippen LogP contribution in [-0.2, 0) is 0 Å². The number of aromatic amines is 1. The second kappa shape index (κ2) is 8.12. The molecule has 1 aliphatic rings. The number of nitroso groups, excluding NO2 is 1. The molecule has 0 amide bonds. The molecule has 10 nitrogen and oxygen atoms in total. The summed E-state index contributed by atoms with van der Waals surface area (Å²) < 4.78 is 13.0. The van der Waals surface area contributed by atoms with Crippen molar-refractivity contribution in [2.24, 2.45) is 5.18 Å². The zero-order valence-electron chi connectivity index (χ0n) is 13.4. The lowest BCUT2D eigenvalue weighted by atomic mass is 10.2. The lowest BCUT2D eigenvalue weighted by molar-refractivity contribution is 0.171. The first kappa shape index (κ1) is 18.1. The Morgan fingerprint density at radius 3 is 2.81 bits per heavy atom. The van der Waals surface area contributed by atoms with Gasteiger partial charge in [-0.15, -0.1) is 10.0 Å². The zero-order chi connectivity index (χ0) is 18.5. The highest BCUT2D eigenvalue weighted by molar-refractivity contribution is 8.01. The largest absolute Gasteiger partial charge is 0.486 e. The number of H-pyrrole nitrogens is 1. The Kier molecular flexibility index (Phi) is 5.65. The van der Waals surface area contributed by atoms with Crippen LogP contribution < -0.4 is 15.2 Å². The fourth-order valence-corrected chi connectivity index (χ4v) is 3.87. The number of hydrogen-bond acceptors (Lipinski definition) is 10. The Hall–Kier alpha value is -2.70. The lowest BCUT2D eigenvalue weighted by Crippen LogP contribution is -2.18. The highest BCUT2D eigenvalue weighted by atomic mass is 32.2. The molecule has 1 aromatic carbocycles. The normalized spacial score (nSPS) is 12.2. The number of rotatable bonds is 4. The quantitative estimate of drug-likeness (QED) is 0.641. The summed E-state index contributed by atoms with van der Waals surface area (Å²) in [6.45, 7) is 0.954. The van der Waals surface area contributed by atoms with Gasteiger partial charge in [-0.05, 0) is 29.1 Å². The number of hydrogen-bond donors (Lipinski definition) is 2. The van der Waals surface area contributed by atoms with Gasteiger partial charge in [0.05, 0.1) is 11.9 Å². The van der Waals surface area contributed by atoms with Gasteiger partial charge >= 0.3 is 5.69 Å². The van der Waals surface area contributed by atoms with Crippen LogP contribution in [0.15, 0.2) is 43.9 Å². The molecule has 0 saturated carbocycles. The van der Waals surface area contributed by atoms with Crippen LogP contribution in [0.3, 0.4) is 0 Å². The highest BCUT2D eigenvalue weighted by Gasteiger charge is 2.18. The molecule has 0 spiro atoms. The standard InChI is InChI=1S/C13H9N5O4S2.CH4O/c19-11-15-16-12(24-13-14-6-10(17-20)23-13)18(11)7-1-2-8-9(5-7)22-4-3-21-8;1-2/h1-2,5-6H,3-4H2,(H,15,19);2H,1H3. The van der Waals surface area contributed by atoms with E-state index in [1.165, 1.54) is 10.8 Å². The van der Waals surface area contributed by atoms with Crippen LogP contribution in [0.4, 0.5) is 5.00 Å². The maximum Gasteiger partial charge on any atom is 0.348 e. The van der Waals surface area contributed by atoms with E-state index in [0.717, 1.165) is 30.2 Å². The molecule has 0 atom stereocenters. The molecular formula is C14H13N5O5S2. The monoisotopic (exact) mass is 395 g/mol. The second-order valence-electron chi connectivity index (χ2n) is 4.63. The molecule has 0 fully saturated rings. The zero-order valence-corrected chi connectivity index (χ0v) is 15.0. The Bertz CT molecular complexity index is 967. The Morgan fingerprint density at radius 2 is 2.08 bits per heavy atom. The van der Waals surface area contributed by atoms with Crippen LogP contribution in [0.1, 0.15) is 0 Å². The van der Waals surface area contributed by atoms with Crippen LogP contribution in [0.5, 0.6) is 11.5 Å². The summed E-state index contributed by atoms with van der Waals surface area (Å²) in [5.41, 5.74) is 0.199. The van der Waals surface area contributed by atoms with Crippen LogP contribution in [0.25, 0.3) is 5.69 Å². The average molecular weight is 395 g/mol. The van der Waals surface area contributed by atoms with Gasteiger partial charge in [-0.3, -0.25) is 0 Å². The summed E-state index contributed by atoms with van der Waals surface area (Å²) in [6, 6.07) is 5.21. The first-order chi connectivity index (χ1) is 12.7. The van der Waals surface area contributed by atoms with Gasteiger partial charge in [-0.1, -0.05) is 11.3 Å². The third-order valence-electron chi connectivity index (χ3n) is 3.17. The predicted molar refractivity (Wildman–Crippen MR) is 95.0 cm³/mol. The van der Waals surface area contributed by atoms with Crippen molar-refractivity contribution in [1.82, 2.24) is 19.7 Å². The van der Waals surface area contributed by atoms with Crippen LogP contribution in [0, 0.1) is 4.91 Å². The van der Waals surface area contributed by atoms with Gasteiger partial charge in [0.25, 0.3) is 0 Å². The number of fused-ring (bicyclic) bond motifs is 1. The van der Waals surface area contributed by atoms with E-state index in [2.05, 4.69) is 20.4 Å². The molecule has 3 heterocycles. The fourth-order valence-electron chi connectivity index (χ4n) is 2.17. The van der Waals surface area contributed by atoms with Gasteiger partial charge in [-0.25, -0.2) is 19.4 Å². The molecule has 0 aliphatic carbocycles. The van der Waals surface area contributed by atoms with Gasteiger partial charge in [-0.2, -0.15) is 0 Å². The third-order valence-corrected chi connectivity index (χ3v) is 5.07. The van der Waals surface area contributed by atoms with Crippen molar-refractivity contribution >= 4 is 28.1 Å². The SMILES string of the molecule is CO.O=Nc1cnc(Sc2n[nH]c(=O)n2-c2ccc3c(c2)OCCO3)s1. The van der Waals surface area contributed by atoms with E-state index in [0.29, 0.717) is 39.9 Å². The van der Waals surface area contributed by atoms with E-state index in [4.69, 9.17) is 14.6 Å². The van der Waals surface area contributed by atoms with E-state index in [9.17, 15) is 9.70 Å². The Morgan fingerprint density at radius 1 is 1.31 bits per heavy atom. The average Bonchev–Trinajstić information content (AvgIpc) is 3.29. The molecule has 12 heteroatoms. The Labute approximate surface area is 154 Å². The van der Waals surface area contributed by atoms with Crippen molar-refractivity contribution in [3.63, 3.8) is 0 Å². The van der Waals surface area contributed by atoms with Crippen LogP contribution >= 0.6 is 23.1 Å². The summed E-state index contributed by atoms with van der Waals surface area (Å²) in [4.78, 5) is 26.7. The van der Waals surface area contributed by atoms with Crippen LogP contribution in [0.2, 0.25) is 0 Å². The molecule has 0 saturated heterocycles. The third kappa shape index (κ3) is 3.61. The van der Waals surface area contributed by atoms with E-state index in [1.54, 1.807) is 18.2 Å². The van der Waals surface area contributed by atoms with Crippen molar-refractivity contribution in [3.8, 4) is 17.2 Å². The number of nitrogens with zero attached hydrogens (tertiary/aromatic N) is 4. The van der Waals surface area contributed by atoms with E-state index in [-0.39, 0.29) is 10.7 Å². The second-order valence-corrected chi connectivity index (χ2v) is 6.86. The maximum absolute atomic E-state index is 12.1. The summed E-state index contributed by atoms with van der Waals surface area (Å²) >= 11 is 2.28. The molecule has 26 heavy (non-hydrogen) atoms. The van der Waals surface area contributed by atoms with Crippen molar-refractivity contribution < 1.29 is 14.6 Å². The topological polar surface area (TPSA) is 132 Å². The molecule has 136 valence electrons. The number of aromatic nitrogens is 4. The predicted octanol–water partition coefficient (Wildman–Crippen LogP) is 1.95. The smallest absolute Gasteiger partial charge is 0.348 e. The number of thiazole rings is 1. The lowest BCUT2D eigenvalue weighted by Gasteiger charge is -2.19. The van der Waals surface area contributed by atoms with E-state index >= 15 is 0 Å². The molecule has 4 rings (SSSR count). The van der Waals surface area contributed by atoms with E-state index < -0.39 is 0 Å². The van der Waals surface area contributed by atoms with Crippen LogP contribution in [-0.4, -0.2) is 45.2 Å². The van der Waals surface area contributed by atoms with Gasteiger partial charge in [0, 0.05) is 13.2 Å². The van der Waals surface area contributed by atoms with Crippen molar-refractivity contribution in [2.75, 3.05) is 20.3 Å². The minimum Gasteiger partial charge on any atom is -0.486 e. The number of benzene rings is 1. The number of aliphatic hydroxyl groups excluding tert-OH is 1. The van der Waals surface area contributed by atoms with Gasteiger partial charge in [0.2, 0.25) is 5.16 Å².